The van der Waals surface area contributed by atoms with Gasteiger partial charge >= 0.3 is 5.97 Å². The molecule has 2 aromatic carbocycles. The molecule has 0 unspecified atom stereocenters. The average molecular weight is 515 g/mol. The van der Waals surface area contributed by atoms with E-state index in [4.69, 9.17) is 4.74 Å². The Bertz CT molecular complexity index is 1320. The molecule has 0 aromatic heterocycles. The van der Waals surface area contributed by atoms with Crippen LogP contribution in [0.5, 0.6) is 5.75 Å². The number of carbonyl (C=O) groups is 4. The molecule has 7 nitrogen and oxygen atoms in total. The molecule has 2 aromatic rings. The van der Waals surface area contributed by atoms with Crippen molar-refractivity contribution in [2.75, 3.05) is 16.3 Å². The average Bonchev–Trinajstić information content (AvgIpc) is 3.41. The van der Waals surface area contributed by atoms with E-state index in [0.29, 0.717) is 23.4 Å². The predicted molar refractivity (Wildman–Crippen MR) is 145 cm³/mol. The van der Waals surface area contributed by atoms with Crippen molar-refractivity contribution < 1.29 is 23.9 Å². The standard InChI is InChI=1S/C31H34N2O5/c1-5-20-10-8-11-21(6-2)28(20)32-17-22(16-26(32)34)31(37)38-23-13-14-25(19(4)15-23)33-29(35)24-12-7-9-18(3)27(24)30(33)36/h7-11,13-15,18,22,24,27H,5-6,12,16-17H2,1-4H3/t18-,22-,24-,27+/m1/s1. The Morgan fingerprint density at radius 3 is 2.37 bits per heavy atom. The van der Waals surface area contributed by atoms with Crippen LogP contribution in [0.3, 0.4) is 0 Å². The molecule has 0 bridgehead atoms. The van der Waals surface area contributed by atoms with Gasteiger partial charge in [0.25, 0.3) is 0 Å². The number of para-hydroxylation sites is 1. The third-order valence-corrected chi connectivity index (χ3v) is 8.19. The molecule has 2 heterocycles. The van der Waals surface area contributed by atoms with E-state index in [2.05, 4.69) is 13.8 Å². The number of nitrogens with zero attached hydrogens (tertiary/aromatic N) is 2. The fourth-order valence-corrected chi connectivity index (χ4v) is 6.17. The Morgan fingerprint density at radius 1 is 1.03 bits per heavy atom. The van der Waals surface area contributed by atoms with Gasteiger partial charge in [0.1, 0.15) is 5.75 Å². The summed E-state index contributed by atoms with van der Waals surface area (Å²) in [5.41, 5.74) is 4.29. The minimum atomic E-state index is -0.573. The molecule has 0 N–H and O–H groups in total. The number of ether oxygens (including phenoxy) is 1. The lowest BCUT2D eigenvalue weighted by Gasteiger charge is -2.23. The number of rotatable bonds is 6. The van der Waals surface area contributed by atoms with Crippen LogP contribution >= 0.6 is 0 Å². The lowest BCUT2D eigenvalue weighted by atomic mass is 9.78. The highest BCUT2D eigenvalue weighted by Gasteiger charge is 2.50. The van der Waals surface area contributed by atoms with Crippen molar-refractivity contribution in [3.05, 3.63) is 65.2 Å². The molecule has 2 saturated heterocycles. The van der Waals surface area contributed by atoms with E-state index in [9.17, 15) is 19.2 Å². The molecule has 38 heavy (non-hydrogen) atoms. The smallest absolute Gasteiger partial charge is 0.316 e. The fourth-order valence-electron chi connectivity index (χ4n) is 6.17. The summed E-state index contributed by atoms with van der Waals surface area (Å²) in [6.07, 6.45) is 6.26. The zero-order valence-corrected chi connectivity index (χ0v) is 22.4. The van der Waals surface area contributed by atoms with Crippen molar-refractivity contribution in [1.29, 1.82) is 0 Å². The summed E-state index contributed by atoms with van der Waals surface area (Å²) < 4.78 is 5.69. The molecule has 3 aliphatic rings. The molecule has 1 aliphatic carbocycles. The van der Waals surface area contributed by atoms with Gasteiger partial charge in [0.05, 0.1) is 23.4 Å². The number of fused-ring (bicyclic) bond motifs is 1. The monoisotopic (exact) mass is 514 g/mol. The second kappa shape index (κ2) is 10.2. The maximum atomic E-state index is 13.2. The Morgan fingerprint density at radius 2 is 1.74 bits per heavy atom. The first-order valence-corrected chi connectivity index (χ1v) is 13.5. The number of aryl methyl sites for hydroxylation is 3. The van der Waals surface area contributed by atoms with Crippen molar-refractivity contribution in [2.45, 2.75) is 53.4 Å². The van der Waals surface area contributed by atoms with Crippen LogP contribution in [0.2, 0.25) is 0 Å². The van der Waals surface area contributed by atoms with Gasteiger partial charge < -0.3 is 9.64 Å². The molecule has 198 valence electrons. The molecule has 7 heteroatoms. The third-order valence-electron chi connectivity index (χ3n) is 8.19. The van der Waals surface area contributed by atoms with Gasteiger partial charge in [-0.1, -0.05) is 51.1 Å². The molecule has 2 fully saturated rings. The van der Waals surface area contributed by atoms with E-state index in [1.165, 1.54) is 4.90 Å². The molecule has 0 saturated carbocycles. The first kappa shape index (κ1) is 25.9. The highest BCUT2D eigenvalue weighted by atomic mass is 16.5. The molecule has 0 spiro atoms. The number of hydrogen-bond donors (Lipinski definition) is 0. The summed E-state index contributed by atoms with van der Waals surface area (Å²) in [6.45, 7) is 8.17. The maximum absolute atomic E-state index is 13.2. The van der Waals surface area contributed by atoms with Gasteiger partial charge in [0, 0.05) is 18.7 Å². The topological polar surface area (TPSA) is 84.0 Å². The maximum Gasteiger partial charge on any atom is 0.316 e. The highest BCUT2D eigenvalue weighted by molar-refractivity contribution is 6.22. The molecule has 2 aliphatic heterocycles. The lowest BCUT2D eigenvalue weighted by Crippen LogP contribution is -2.32. The third kappa shape index (κ3) is 4.34. The molecular weight excluding hydrogens is 480 g/mol. The molecule has 4 atom stereocenters. The van der Waals surface area contributed by atoms with Gasteiger partial charge in [-0.15, -0.1) is 0 Å². The van der Waals surface area contributed by atoms with Crippen LogP contribution in [0.15, 0.2) is 48.6 Å². The van der Waals surface area contributed by atoms with E-state index >= 15 is 0 Å². The van der Waals surface area contributed by atoms with Crippen molar-refractivity contribution >= 4 is 35.1 Å². The van der Waals surface area contributed by atoms with Crippen LogP contribution in [0, 0.1) is 30.6 Å². The first-order valence-electron chi connectivity index (χ1n) is 13.5. The van der Waals surface area contributed by atoms with Crippen molar-refractivity contribution in [3.8, 4) is 5.75 Å². The molecular formula is C31H34N2O5. The van der Waals surface area contributed by atoms with E-state index in [-0.39, 0.29) is 48.4 Å². The van der Waals surface area contributed by atoms with Gasteiger partial charge in [0.2, 0.25) is 17.7 Å². The zero-order valence-electron chi connectivity index (χ0n) is 22.4. The number of anilines is 2. The van der Waals surface area contributed by atoms with Gasteiger partial charge in [-0.3, -0.25) is 19.2 Å². The van der Waals surface area contributed by atoms with Crippen LogP contribution in [0.1, 0.15) is 50.3 Å². The molecule has 5 rings (SSSR count). The minimum Gasteiger partial charge on any atom is -0.426 e. The Labute approximate surface area is 223 Å². The number of hydrogen-bond acceptors (Lipinski definition) is 5. The Hall–Kier alpha value is -3.74. The van der Waals surface area contributed by atoms with Gasteiger partial charge in [-0.25, -0.2) is 4.90 Å². The number of carbonyl (C=O) groups excluding carboxylic acids is 4. The van der Waals surface area contributed by atoms with Crippen molar-refractivity contribution in [3.63, 3.8) is 0 Å². The summed E-state index contributed by atoms with van der Waals surface area (Å²) >= 11 is 0. The second-order valence-corrected chi connectivity index (χ2v) is 10.6. The quantitative estimate of drug-likeness (QED) is 0.240. The number of benzene rings is 2. The predicted octanol–water partition coefficient (Wildman–Crippen LogP) is 4.78. The van der Waals surface area contributed by atoms with Crippen LogP contribution in [0.25, 0.3) is 0 Å². The minimum absolute atomic E-state index is 0.0159. The highest BCUT2D eigenvalue weighted by Crippen LogP contribution is 2.42. The summed E-state index contributed by atoms with van der Waals surface area (Å²) in [5, 5.41) is 0. The Kier molecular flexibility index (Phi) is 6.95. The van der Waals surface area contributed by atoms with E-state index in [0.717, 1.165) is 29.7 Å². The SMILES string of the molecule is CCc1cccc(CC)c1N1C[C@H](C(=O)Oc2ccc(N3C(=O)[C@H]4[C@H](C)C=CC[C@H]4C3=O)c(C)c2)CC1=O. The summed E-state index contributed by atoms with van der Waals surface area (Å²) in [7, 11) is 0. The normalized spacial score (nSPS) is 24.8. The summed E-state index contributed by atoms with van der Waals surface area (Å²) in [6, 6.07) is 11.0. The van der Waals surface area contributed by atoms with Crippen molar-refractivity contribution in [2.24, 2.45) is 23.7 Å². The first-order chi connectivity index (χ1) is 18.2. The van der Waals surface area contributed by atoms with Crippen LogP contribution < -0.4 is 14.5 Å². The molecule has 3 amide bonds. The van der Waals surface area contributed by atoms with Gasteiger partial charge in [0.15, 0.2) is 0 Å². The lowest BCUT2D eigenvalue weighted by molar-refractivity contribution is -0.139. The number of allylic oxidation sites excluding steroid dienone is 2. The van der Waals surface area contributed by atoms with E-state index in [1.54, 1.807) is 30.0 Å². The summed E-state index contributed by atoms with van der Waals surface area (Å²) in [4.78, 5) is 55.3. The van der Waals surface area contributed by atoms with Crippen LogP contribution in [-0.4, -0.2) is 30.2 Å². The number of imide groups is 1. The zero-order chi connectivity index (χ0) is 27.1. The van der Waals surface area contributed by atoms with E-state index in [1.807, 2.05) is 37.3 Å². The van der Waals surface area contributed by atoms with Gasteiger partial charge in [-0.05, 0) is 67.0 Å². The van der Waals surface area contributed by atoms with Crippen molar-refractivity contribution in [1.82, 2.24) is 0 Å². The molecule has 0 radical (unpaired) electrons. The second-order valence-electron chi connectivity index (χ2n) is 10.6. The summed E-state index contributed by atoms with van der Waals surface area (Å²) in [5.74, 6) is -1.77. The van der Waals surface area contributed by atoms with Crippen LogP contribution in [0.4, 0.5) is 11.4 Å². The fraction of sp³-hybridized carbons (Fsp3) is 0.419. The van der Waals surface area contributed by atoms with E-state index < -0.39 is 11.9 Å². The Balaban J connectivity index is 1.31. The number of esters is 1. The van der Waals surface area contributed by atoms with Gasteiger partial charge in [-0.2, -0.15) is 0 Å². The number of amides is 3. The largest absolute Gasteiger partial charge is 0.426 e. The van der Waals surface area contributed by atoms with Crippen LogP contribution in [-0.2, 0) is 32.0 Å².